The molecular formula is C53H54N6. The van der Waals surface area contributed by atoms with E-state index in [-0.39, 0.29) is 0 Å². The van der Waals surface area contributed by atoms with E-state index in [0.29, 0.717) is 12.4 Å². The average Bonchev–Trinajstić information content (AvgIpc) is 3.61. The van der Waals surface area contributed by atoms with Gasteiger partial charge in [-0.25, -0.2) is 4.99 Å². The van der Waals surface area contributed by atoms with Gasteiger partial charge in [-0.15, -0.1) is 0 Å². The molecule has 0 saturated carbocycles. The highest BCUT2D eigenvalue weighted by molar-refractivity contribution is 6.10. The summed E-state index contributed by atoms with van der Waals surface area (Å²) in [6.07, 6.45) is 20.1. The van der Waals surface area contributed by atoms with Crippen molar-refractivity contribution in [1.29, 1.82) is 0 Å². The smallest absolute Gasteiger partial charge is 0.153 e. The van der Waals surface area contributed by atoms with Crippen molar-refractivity contribution < 1.29 is 0 Å². The van der Waals surface area contributed by atoms with Crippen LogP contribution in [-0.2, 0) is 6.54 Å². The van der Waals surface area contributed by atoms with Gasteiger partial charge in [0.25, 0.3) is 0 Å². The molecule has 7 aromatic rings. The second-order valence-corrected chi connectivity index (χ2v) is 12.7. The van der Waals surface area contributed by atoms with Gasteiger partial charge >= 0.3 is 0 Å². The standard InChI is InChI=1S/C43H37N5.C6H6.C2H5N.C2H6/c1-4-5-6-7-8-15-24-46-43(45-3)36-28-34(27-35(29-36)37-26-33-17-10-12-19-40(33)47-31-37)32-21-22-42-39(30-32)38-18-11-13-20-41(38)48(42)25-16-9-14-23-44-2;1-2-4-6-5-3-1;1-3-2;1-2/h4-14,16-23,26-31H,1-3,15,24-25H2;1-6H;1H2,2H3;1-2H3/b6-5-,8-7-,16-9-,23-14-,46-43?;;;. The first-order chi connectivity index (χ1) is 29.1. The second-order valence-electron chi connectivity index (χ2n) is 12.7. The summed E-state index contributed by atoms with van der Waals surface area (Å²) in [4.78, 5) is 21.0. The molecular weight excluding hydrogens is 721 g/mol. The zero-order valence-corrected chi connectivity index (χ0v) is 34.5. The summed E-state index contributed by atoms with van der Waals surface area (Å²) in [6, 6.07) is 44.2. The van der Waals surface area contributed by atoms with Crippen molar-refractivity contribution >= 4 is 58.7 Å². The Morgan fingerprint density at radius 1 is 0.644 bits per heavy atom. The van der Waals surface area contributed by atoms with Gasteiger partial charge in [-0.1, -0.05) is 142 Å². The number of amidine groups is 1. The van der Waals surface area contributed by atoms with Crippen LogP contribution in [-0.4, -0.2) is 49.1 Å². The number of fused-ring (bicyclic) bond motifs is 4. The van der Waals surface area contributed by atoms with Crippen LogP contribution >= 0.6 is 0 Å². The number of aromatic nitrogens is 2. The Bertz CT molecular complexity index is 2560. The lowest BCUT2D eigenvalue weighted by Crippen LogP contribution is -2.00. The summed E-state index contributed by atoms with van der Waals surface area (Å²) in [6.45, 7) is 19.6. The maximum Gasteiger partial charge on any atom is 0.153 e. The molecule has 0 saturated heterocycles. The van der Waals surface area contributed by atoms with Gasteiger partial charge < -0.3 is 9.56 Å². The van der Waals surface area contributed by atoms with Crippen molar-refractivity contribution in [3.8, 4) is 22.3 Å². The minimum Gasteiger partial charge on any atom is -0.337 e. The first kappa shape index (κ1) is 44.4. The number of aliphatic imine (C=N–C) groups is 4. The van der Waals surface area contributed by atoms with Crippen LogP contribution in [0.25, 0.3) is 55.0 Å². The summed E-state index contributed by atoms with van der Waals surface area (Å²) in [5.41, 5.74) is 8.50. The molecule has 0 atom stereocenters. The summed E-state index contributed by atoms with van der Waals surface area (Å²) < 4.78 is 2.34. The first-order valence-corrected chi connectivity index (χ1v) is 19.7. The molecule has 7 rings (SSSR count). The molecule has 0 amide bonds. The first-order valence-electron chi connectivity index (χ1n) is 19.7. The fourth-order valence-corrected chi connectivity index (χ4v) is 6.28. The second kappa shape index (κ2) is 25.0. The van der Waals surface area contributed by atoms with E-state index in [9.17, 15) is 0 Å². The Hall–Kier alpha value is -7.31. The van der Waals surface area contributed by atoms with Crippen molar-refractivity contribution in [2.24, 2.45) is 20.0 Å². The van der Waals surface area contributed by atoms with Crippen molar-refractivity contribution in [2.45, 2.75) is 26.8 Å². The Morgan fingerprint density at radius 3 is 2.02 bits per heavy atom. The van der Waals surface area contributed by atoms with Crippen LogP contribution in [0.5, 0.6) is 0 Å². The van der Waals surface area contributed by atoms with Crippen LogP contribution < -0.4 is 0 Å². The van der Waals surface area contributed by atoms with Gasteiger partial charge in [0.05, 0.1) is 5.52 Å². The monoisotopic (exact) mass is 774 g/mol. The lowest BCUT2D eigenvalue weighted by atomic mass is 9.95. The zero-order chi connectivity index (χ0) is 42.1. The van der Waals surface area contributed by atoms with Crippen LogP contribution in [0, 0.1) is 0 Å². The van der Waals surface area contributed by atoms with E-state index in [1.165, 1.54) is 21.8 Å². The minimum atomic E-state index is 0.601. The molecule has 6 nitrogen and oxygen atoms in total. The average molecular weight is 775 g/mol. The highest BCUT2D eigenvalue weighted by Gasteiger charge is 2.14. The number of para-hydroxylation sites is 2. The topological polar surface area (TPSA) is 67.3 Å². The molecule has 0 radical (unpaired) electrons. The maximum atomic E-state index is 4.84. The molecule has 0 unspecified atom stereocenters. The van der Waals surface area contributed by atoms with E-state index in [1.54, 1.807) is 19.3 Å². The molecule has 0 bridgehead atoms. The molecule has 0 aliphatic carbocycles. The van der Waals surface area contributed by atoms with Crippen molar-refractivity contribution in [2.75, 3.05) is 13.6 Å². The van der Waals surface area contributed by atoms with Crippen LogP contribution in [0.2, 0.25) is 0 Å². The van der Waals surface area contributed by atoms with Crippen LogP contribution in [0.1, 0.15) is 25.8 Å². The third-order valence-corrected chi connectivity index (χ3v) is 8.82. The lowest BCUT2D eigenvalue weighted by molar-refractivity contribution is 0.899. The molecule has 0 aliphatic rings. The predicted octanol–water partition coefficient (Wildman–Crippen LogP) is 13.6. The fourth-order valence-electron chi connectivity index (χ4n) is 6.28. The number of pyridine rings is 1. The molecule has 0 N–H and O–H groups in total. The van der Waals surface area contributed by atoms with Gasteiger partial charge in [-0.05, 0) is 97.9 Å². The Labute approximate surface area is 350 Å². The lowest BCUT2D eigenvalue weighted by Gasteiger charge is -2.12. The number of benzene rings is 5. The van der Waals surface area contributed by atoms with Crippen molar-refractivity contribution in [3.05, 3.63) is 201 Å². The minimum absolute atomic E-state index is 0.601. The van der Waals surface area contributed by atoms with Gasteiger partial charge in [0.15, 0.2) is 5.84 Å². The number of hydrogen-bond donors (Lipinski definition) is 0. The van der Waals surface area contributed by atoms with E-state index >= 15 is 0 Å². The number of nitrogens with zero attached hydrogens (tertiary/aromatic N) is 6. The van der Waals surface area contributed by atoms with Gasteiger partial charge in [0.1, 0.15) is 0 Å². The maximum absolute atomic E-state index is 4.84. The Balaban J connectivity index is 0.000000618. The summed E-state index contributed by atoms with van der Waals surface area (Å²) in [5, 5.41) is 3.51. The highest BCUT2D eigenvalue weighted by Crippen LogP contribution is 2.35. The summed E-state index contributed by atoms with van der Waals surface area (Å²) >= 11 is 0. The Kier molecular flexibility index (Phi) is 18.9. The fraction of sp³-hybridized carbons (Fsp3) is 0.113. The highest BCUT2D eigenvalue weighted by atomic mass is 15.0. The van der Waals surface area contributed by atoms with Crippen LogP contribution in [0.4, 0.5) is 0 Å². The molecule has 0 spiro atoms. The van der Waals surface area contributed by atoms with Gasteiger partial charge in [-0.3, -0.25) is 15.0 Å². The summed E-state index contributed by atoms with van der Waals surface area (Å²) in [7, 11) is 1.64. The van der Waals surface area contributed by atoms with Crippen LogP contribution in [0.15, 0.2) is 215 Å². The molecule has 0 aliphatic heterocycles. The Morgan fingerprint density at radius 2 is 1.31 bits per heavy atom. The van der Waals surface area contributed by atoms with E-state index in [2.05, 4.69) is 131 Å². The van der Waals surface area contributed by atoms with Gasteiger partial charge in [0.2, 0.25) is 0 Å². The zero-order valence-electron chi connectivity index (χ0n) is 34.5. The SMILES string of the molecule is C=C/C=C\C=C/CCN=C(N=C)c1cc(-c2cnc3ccccc3c2)cc(-c2ccc3c(c2)c2ccccc2n3C/C=C\C=C/N=C)c1.C=NC.CC.c1ccccc1. The molecule has 2 heterocycles. The number of rotatable bonds is 12. The van der Waals surface area contributed by atoms with Crippen molar-refractivity contribution in [3.63, 3.8) is 0 Å². The molecule has 0 fully saturated rings. The van der Waals surface area contributed by atoms with Gasteiger partial charge in [0, 0.05) is 70.9 Å². The number of hydrogen-bond acceptors (Lipinski definition) is 4. The van der Waals surface area contributed by atoms with E-state index in [1.807, 2.05) is 105 Å². The van der Waals surface area contributed by atoms with Crippen molar-refractivity contribution in [1.82, 2.24) is 9.55 Å². The molecule has 59 heavy (non-hydrogen) atoms. The van der Waals surface area contributed by atoms with Crippen LogP contribution in [0.3, 0.4) is 0 Å². The predicted molar refractivity (Wildman–Crippen MR) is 261 cm³/mol. The van der Waals surface area contributed by atoms with Gasteiger partial charge in [-0.2, -0.15) is 0 Å². The van der Waals surface area contributed by atoms with E-state index < -0.39 is 0 Å². The normalized spacial score (nSPS) is 11.3. The quantitative estimate of drug-likeness (QED) is 0.0527. The molecule has 296 valence electrons. The largest absolute Gasteiger partial charge is 0.337 e. The van der Waals surface area contributed by atoms with E-state index in [0.717, 1.165) is 51.7 Å². The molecule has 5 aromatic carbocycles. The third kappa shape index (κ3) is 12.9. The summed E-state index contributed by atoms with van der Waals surface area (Å²) in [5.74, 6) is 0.618. The van der Waals surface area contributed by atoms with E-state index in [4.69, 9.17) is 9.98 Å². The number of allylic oxidation sites excluding steroid dienone is 7. The molecule has 2 aromatic heterocycles. The molecule has 6 heteroatoms. The third-order valence-electron chi connectivity index (χ3n) is 8.82.